The van der Waals surface area contributed by atoms with Crippen molar-refractivity contribution in [3.63, 3.8) is 0 Å². The van der Waals surface area contributed by atoms with Gasteiger partial charge < -0.3 is 15.4 Å². The number of methoxy groups -OCH3 is 1. The van der Waals surface area contributed by atoms with Crippen molar-refractivity contribution in [2.24, 2.45) is 5.41 Å². The van der Waals surface area contributed by atoms with Crippen molar-refractivity contribution < 1.29 is 14.3 Å². The van der Waals surface area contributed by atoms with Gasteiger partial charge >= 0.3 is 0 Å². The molecule has 0 aromatic carbocycles. The SMILES string of the molecule is COCCCNC(=O)C1(C(=O)NC2CCCCCC2)CC1. The molecule has 5 nitrogen and oxygen atoms in total. The Morgan fingerprint density at radius 1 is 1.10 bits per heavy atom. The third kappa shape index (κ3) is 4.43. The molecule has 0 atom stereocenters. The number of carbonyl (C=O) groups excluding carboxylic acids is 2. The first kappa shape index (κ1) is 16.3. The van der Waals surface area contributed by atoms with Gasteiger partial charge in [0.05, 0.1) is 0 Å². The third-order valence-corrected chi connectivity index (χ3v) is 4.62. The quantitative estimate of drug-likeness (QED) is 0.427. The molecular weight excluding hydrogens is 268 g/mol. The van der Waals surface area contributed by atoms with Gasteiger partial charge in [-0.1, -0.05) is 25.7 Å². The lowest BCUT2D eigenvalue weighted by Crippen LogP contribution is -2.46. The maximum atomic E-state index is 12.4. The molecule has 0 aromatic heterocycles. The molecule has 5 heteroatoms. The molecule has 120 valence electrons. The van der Waals surface area contributed by atoms with Crippen LogP contribution in [0.4, 0.5) is 0 Å². The van der Waals surface area contributed by atoms with Crippen LogP contribution in [0, 0.1) is 5.41 Å². The van der Waals surface area contributed by atoms with Crippen molar-refractivity contribution >= 4 is 11.8 Å². The first-order chi connectivity index (χ1) is 10.2. The van der Waals surface area contributed by atoms with Crippen LogP contribution in [0.2, 0.25) is 0 Å². The number of ether oxygens (including phenoxy) is 1. The fraction of sp³-hybridized carbons (Fsp3) is 0.875. The Kier molecular flexibility index (Phi) is 6.03. The van der Waals surface area contributed by atoms with E-state index in [2.05, 4.69) is 10.6 Å². The van der Waals surface area contributed by atoms with E-state index in [1.54, 1.807) is 7.11 Å². The zero-order valence-corrected chi connectivity index (χ0v) is 13.1. The second-order valence-electron chi connectivity index (χ2n) is 6.35. The van der Waals surface area contributed by atoms with Crippen molar-refractivity contribution in [2.75, 3.05) is 20.3 Å². The average Bonchev–Trinajstić information content (AvgIpc) is 3.28. The van der Waals surface area contributed by atoms with E-state index in [4.69, 9.17) is 4.74 Å². The average molecular weight is 296 g/mol. The normalized spacial score (nSPS) is 21.4. The van der Waals surface area contributed by atoms with Gasteiger partial charge in [-0.3, -0.25) is 9.59 Å². The Morgan fingerprint density at radius 3 is 2.33 bits per heavy atom. The van der Waals surface area contributed by atoms with Crippen LogP contribution in [0.25, 0.3) is 0 Å². The van der Waals surface area contributed by atoms with Crippen molar-refractivity contribution in [3.05, 3.63) is 0 Å². The van der Waals surface area contributed by atoms with E-state index in [-0.39, 0.29) is 17.9 Å². The maximum absolute atomic E-state index is 12.4. The summed E-state index contributed by atoms with van der Waals surface area (Å²) >= 11 is 0. The molecule has 2 aliphatic rings. The molecular formula is C16H28N2O3. The van der Waals surface area contributed by atoms with E-state index >= 15 is 0 Å². The van der Waals surface area contributed by atoms with E-state index in [0.29, 0.717) is 26.0 Å². The fourth-order valence-electron chi connectivity index (χ4n) is 3.02. The highest BCUT2D eigenvalue weighted by molar-refractivity contribution is 6.07. The van der Waals surface area contributed by atoms with Crippen LogP contribution >= 0.6 is 0 Å². The topological polar surface area (TPSA) is 67.4 Å². The molecule has 2 fully saturated rings. The molecule has 0 saturated heterocycles. The first-order valence-electron chi connectivity index (χ1n) is 8.27. The zero-order chi connectivity index (χ0) is 15.1. The lowest BCUT2D eigenvalue weighted by Gasteiger charge is -2.21. The number of carbonyl (C=O) groups is 2. The molecule has 0 heterocycles. The van der Waals surface area contributed by atoms with Crippen LogP contribution in [0.1, 0.15) is 57.8 Å². The summed E-state index contributed by atoms with van der Waals surface area (Å²) in [6.07, 6.45) is 9.14. The van der Waals surface area contributed by atoms with Gasteiger partial charge in [0.15, 0.2) is 0 Å². The highest BCUT2D eigenvalue weighted by Crippen LogP contribution is 2.46. The summed E-state index contributed by atoms with van der Waals surface area (Å²) in [5.74, 6) is -0.164. The molecule has 0 bridgehead atoms. The van der Waals surface area contributed by atoms with Gasteiger partial charge in [-0.2, -0.15) is 0 Å². The van der Waals surface area contributed by atoms with Gasteiger partial charge in [0.25, 0.3) is 0 Å². The minimum Gasteiger partial charge on any atom is -0.385 e. The number of rotatable bonds is 7. The highest BCUT2D eigenvalue weighted by atomic mass is 16.5. The minimum absolute atomic E-state index is 0.0568. The second-order valence-corrected chi connectivity index (χ2v) is 6.35. The van der Waals surface area contributed by atoms with E-state index in [1.165, 1.54) is 25.7 Å². The van der Waals surface area contributed by atoms with E-state index in [1.807, 2.05) is 0 Å². The van der Waals surface area contributed by atoms with Gasteiger partial charge in [0, 0.05) is 26.3 Å². The Bertz CT molecular complexity index is 359. The minimum atomic E-state index is -0.778. The molecule has 0 aliphatic heterocycles. The molecule has 0 spiro atoms. The highest BCUT2D eigenvalue weighted by Gasteiger charge is 2.56. The fourth-order valence-corrected chi connectivity index (χ4v) is 3.02. The summed E-state index contributed by atoms with van der Waals surface area (Å²) < 4.78 is 4.95. The number of amides is 2. The number of nitrogens with one attached hydrogen (secondary N) is 2. The van der Waals surface area contributed by atoms with Crippen LogP contribution < -0.4 is 10.6 Å². The van der Waals surface area contributed by atoms with Gasteiger partial charge in [0.2, 0.25) is 11.8 Å². The Balaban J connectivity index is 1.78. The predicted octanol–water partition coefficient (Wildman–Crippen LogP) is 1.76. The first-order valence-corrected chi connectivity index (χ1v) is 8.27. The molecule has 2 amide bonds. The smallest absolute Gasteiger partial charge is 0.235 e. The molecule has 2 rings (SSSR count). The number of hydrogen-bond donors (Lipinski definition) is 2. The lowest BCUT2D eigenvalue weighted by molar-refractivity contribution is -0.137. The summed E-state index contributed by atoms with van der Waals surface area (Å²) in [5.41, 5.74) is -0.778. The number of hydrogen-bond acceptors (Lipinski definition) is 3. The largest absolute Gasteiger partial charge is 0.385 e. The van der Waals surface area contributed by atoms with E-state index in [0.717, 1.165) is 19.3 Å². The molecule has 0 radical (unpaired) electrons. The lowest BCUT2D eigenvalue weighted by atomic mass is 10.0. The second kappa shape index (κ2) is 7.78. The van der Waals surface area contributed by atoms with Crippen molar-refractivity contribution in [1.29, 1.82) is 0 Å². The van der Waals surface area contributed by atoms with Crippen molar-refractivity contribution in [1.82, 2.24) is 10.6 Å². The Labute approximate surface area is 127 Å². The maximum Gasteiger partial charge on any atom is 0.235 e. The molecule has 2 aliphatic carbocycles. The Hall–Kier alpha value is -1.10. The predicted molar refractivity (Wildman–Crippen MR) is 80.8 cm³/mol. The van der Waals surface area contributed by atoms with Gasteiger partial charge in [-0.15, -0.1) is 0 Å². The third-order valence-electron chi connectivity index (χ3n) is 4.62. The summed E-state index contributed by atoms with van der Waals surface area (Å²) in [6.45, 7) is 1.20. The molecule has 21 heavy (non-hydrogen) atoms. The van der Waals surface area contributed by atoms with Crippen LogP contribution in [-0.4, -0.2) is 38.1 Å². The van der Waals surface area contributed by atoms with Gasteiger partial charge in [-0.25, -0.2) is 0 Å². The summed E-state index contributed by atoms with van der Waals surface area (Å²) in [4.78, 5) is 24.7. The molecule has 2 N–H and O–H groups in total. The van der Waals surface area contributed by atoms with Crippen LogP contribution in [0.3, 0.4) is 0 Å². The summed E-state index contributed by atoms with van der Waals surface area (Å²) in [6, 6.07) is 0.263. The van der Waals surface area contributed by atoms with Crippen molar-refractivity contribution in [2.45, 2.75) is 63.8 Å². The van der Waals surface area contributed by atoms with E-state index in [9.17, 15) is 9.59 Å². The van der Waals surface area contributed by atoms with Crippen LogP contribution in [-0.2, 0) is 14.3 Å². The molecule has 2 saturated carbocycles. The van der Waals surface area contributed by atoms with Crippen LogP contribution in [0.5, 0.6) is 0 Å². The molecule has 0 unspecified atom stereocenters. The van der Waals surface area contributed by atoms with E-state index < -0.39 is 5.41 Å². The zero-order valence-electron chi connectivity index (χ0n) is 13.1. The summed E-state index contributed by atoms with van der Waals surface area (Å²) in [5, 5.41) is 5.99. The summed E-state index contributed by atoms with van der Waals surface area (Å²) in [7, 11) is 1.64. The molecule has 0 aromatic rings. The van der Waals surface area contributed by atoms with Crippen molar-refractivity contribution in [3.8, 4) is 0 Å². The monoisotopic (exact) mass is 296 g/mol. The van der Waals surface area contributed by atoms with Gasteiger partial charge in [0.1, 0.15) is 5.41 Å². The Morgan fingerprint density at radius 2 is 1.76 bits per heavy atom. The van der Waals surface area contributed by atoms with Crippen LogP contribution in [0.15, 0.2) is 0 Å². The van der Waals surface area contributed by atoms with Gasteiger partial charge in [-0.05, 0) is 32.1 Å². The standard InChI is InChI=1S/C16H28N2O3/c1-21-12-6-11-17-14(19)16(9-10-16)15(20)18-13-7-4-2-3-5-8-13/h13H,2-12H2,1H3,(H,17,19)(H,18,20).